The Hall–Kier alpha value is -1.68. The van der Waals surface area contributed by atoms with Gasteiger partial charge in [-0.15, -0.1) is 4.65 Å². The van der Waals surface area contributed by atoms with E-state index in [1.165, 1.54) is 11.3 Å². The summed E-state index contributed by atoms with van der Waals surface area (Å²) in [4.78, 5) is 8.80. The lowest BCUT2D eigenvalue weighted by Crippen LogP contribution is -2.51. The van der Waals surface area contributed by atoms with Crippen molar-refractivity contribution in [1.29, 1.82) is 0 Å². The van der Waals surface area contributed by atoms with Gasteiger partial charge in [0.1, 0.15) is 12.6 Å². The summed E-state index contributed by atoms with van der Waals surface area (Å²) < 4.78 is 0.588. The van der Waals surface area contributed by atoms with E-state index in [-0.39, 0.29) is 6.10 Å². The maximum atomic E-state index is 6.56. The van der Waals surface area contributed by atoms with E-state index in [4.69, 9.17) is 4.84 Å². The molecule has 0 amide bonds. The maximum absolute atomic E-state index is 6.56. The second-order valence-electron chi connectivity index (χ2n) is 6.74. The van der Waals surface area contributed by atoms with E-state index in [2.05, 4.69) is 86.6 Å². The number of hydrogen-bond donors (Lipinski definition) is 0. The van der Waals surface area contributed by atoms with Gasteiger partial charge in [0.15, 0.2) is 11.7 Å². The molecule has 23 heavy (non-hydrogen) atoms. The molecule has 1 aliphatic heterocycles. The molecule has 122 valence electrons. The molecule has 1 fully saturated rings. The van der Waals surface area contributed by atoms with E-state index in [1.54, 1.807) is 0 Å². The van der Waals surface area contributed by atoms with Crippen molar-refractivity contribution < 1.29 is 4.84 Å². The van der Waals surface area contributed by atoms with Gasteiger partial charge in [-0.05, 0) is 21.0 Å². The number of rotatable bonds is 5. The van der Waals surface area contributed by atoms with Crippen molar-refractivity contribution in [3.8, 4) is 0 Å². The molecule has 0 aromatic heterocycles. The van der Waals surface area contributed by atoms with Crippen LogP contribution in [0.4, 0.5) is 5.69 Å². The molecule has 0 bridgehead atoms. The van der Waals surface area contributed by atoms with Crippen LogP contribution in [0.25, 0.3) is 0 Å². The van der Waals surface area contributed by atoms with Crippen LogP contribution in [0.5, 0.6) is 0 Å². The Morgan fingerprint density at radius 2 is 1.61 bits per heavy atom. The Balaban J connectivity index is 2.04. The van der Waals surface area contributed by atoms with Crippen molar-refractivity contribution in [2.24, 2.45) is 0 Å². The lowest BCUT2D eigenvalue weighted by molar-refractivity contribution is -0.149. The standard InChI is InChI=1S/C20H27N2O/c1-17-16-20(18-10-6-4-7-11-18)22(23-17,15-14-21(2)3)19-12-8-5-9-13-19/h4-13,17,20H,14-16H2,1-3H3/q+1. The van der Waals surface area contributed by atoms with E-state index in [1.807, 2.05) is 0 Å². The van der Waals surface area contributed by atoms with Gasteiger partial charge in [0.05, 0.1) is 6.54 Å². The second kappa shape index (κ2) is 6.83. The number of quaternary nitrogens is 1. The van der Waals surface area contributed by atoms with Crippen molar-refractivity contribution in [1.82, 2.24) is 9.55 Å². The number of benzene rings is 2. The highest BCUT2D eigenvalue weighted by molar-refractivity contribution is 5.44. The molecule has 2 aromatic carbocycles. The second-order valence-corrected chi connectivity index (χ2v) is 6.74. The summed E-state index contributed by atoms with van der Waals surface area (Å²) in [6.07, 6.45) is 1.30. The number of hydrogen-bond acceptors (Lipinski definition) is 2. The minimum atomic E-state index is 0.252. The molecule has 0 radical (unpaired) electrons. The zero-order valence-corrected chi connectivity index (χ0v) is 14.4. The van der Waals surface area contributed by atoms with E-state index in [9.17, 15) is 0 Å². The first-order chi connectivity index (χ1) is 11.1. The van der Waals surface area contributed by atoms with Gasteiger partial charge in [-0.1, -0.05) is 48.5 Å². The normalized spacial score (nSPS) is 27.5. The summed E-state index contributed by atoms with van der Waals surface area (Å²) in [5.41, 5.74) is 2.60. The first-order valence-corrected chi connectivity index (χ1v) is 8.43. The first kappa shape index (κ1) is 16.2. The van der Waals surface area contributed by atoms with E-state index >= 15 is 0 Å². The number of hydroxylamine groups is 2. The predicted octanol–water partition coefficient (Wildman–Crippen LogP) is 4.02. The van der Waals surface area contributed by atoms with Gasteiger partial charge in [0.25, 0.3) is 0 Å². The molecule has 3 rings (SSSR count). The average Bonchev–Trinajstić information content (AvgIpc) is 2.92. The SMILES string of the molecule is CC1CC(c2ccccc2)[N+](CCN(C)C)(c2ccccc2)O1. The van der Waals surface area contributed by atoms with Crippen molar-refractivity contribution in [3.63, 3.8) is 0 Å². The lowest BCUT2D eigenvalue weighted by Gasteiger charge is -2.37. The molecular formula is C20H27N2O+. The molecule has 3 heteroatoms. The molecule has 1 saturated heterocycles. The fourth-order valence-corrected chi connectivity index (χ4v) is 3.58. The fraction of sp³-hybridized carbons (Fsp3) is 0.400. The smallest absolute Gasteiger partial charge is 0.165 e. The number of para-hydroxylation sites is 1. The number of likely N-dealkylation sites (N-methyl/N-ethyl adjacent to an activating group) is 1. The van der Waals surface area contributed by atoms with Crippen molar-refractivity contribution in [2.75, 3.05) is 27.2 Å². The van der Waals surface area contributed by atoms with Crippen LogP contribution in [0.15, 0.2) is 60.7 Å². The molecule has 1 aliphatic rings. The minimum absolute atomic E-state index is 0.252. The largest absolute Gasteiger partial charge is 0.304 e. The van der Waals surface area contributed by atoms with Gasteiger partial charge in [0, 0.05) is 24.1 Å². The third kappa shape index (κ3) is 3.32. The summed E-state index contributed by atoms with van der Waals surface area (Å²) in [5.74, 6) is 0. The van der Waals surface area contributed by atoms with Crippen molar-refractivity contribution >= 4 is 5.69 Å². The highest BCUT2D eigenvalue weighted by atomic mass is 16.7. The molecule has 0 aliphatic carbocycles. The van der Waals surface area contributed by atoms with E-state index in [0.29, 0.717) is 10.7 Å². The lowest BCUT2D eigenvalue weighted by atomic mass is 9.99. The number of nitrogens with zero attached hydrogens (tertiary/aromatic N) is 2. The summed E-state index contributed by atoms with van der Waals surface area (Å²) in [7, 11) is 4.25. The van der Waals surface area contributed by atoms with Crippen LogP contribution in [0, 0.1) is 0 Å². The Bertz CT molecular complexity index is 614. The topological polar surface area (TPSA) is 12.5 Å². The molecule has 3 nitrogen and oxygen atoms in total. The van der Waals surface area contributed by atoms with Crippen molar-refractivity contribution in [2.45, 2.75) is 25.5 Å². The highest BCUT2D eigenvalue weighted by Gasteiger charge is 2.50. The maximum Gasteiger partial charge on any atom is 0.165 e. The van der Waals surface area contributed by atoms with Gasteiger partial charge in [-0.3, -0.25) is 0 Å². The molecule has 3 atom stereocenters. The Labute approximate surface area is 139 Å². The summed E-state index contributed by atoms with van der Waals surface area (Å²) in [6.45, 7) is 4.13. The fourth-order valence-electron chi connectivity index (χ4n) is 3.58. The van der Waals surface area contributed by atoms with Crippen LogP contribution < -0.4 is 4.65 Å². The van der Waals surface area contributed by atoms with Crippen LogP contribution in [0.2, 0.25) is 0 Å². The average molecular weight is 311 g/mol. The molecule has 0 spiro atoms. The molecule has 1 heterocycles. The third-order valence-electron chi connectivity index (χ3n) is 4.68. The van der Waals surface area contributed by atoms with Crippen LogP contribution >= 0.6 is 0 Å². The van der Waals surface area contributed by atoms with Gasteiger partial charge < -0.3 is 4.90 Å². The third-order valence-corrected chi connectivity index (χ3v) is 4.68. The quantitative estimate of drug-likeness (QED) is 0.773. The summed E-state index contributed by atoms with van der Waals surface area (Å²) in [5, 5.41) is 0. The van der Waals surface area contributed by atoms with Crippen LogP contribution in [0.3, 0.4) is 0 Å². The molecule has 2 aromatic rings. The Morgan fingerprint density at radius 3 is 2.22 bits per heavy atom. The van der Waals surface area contributed by atoms with Gasteiger partial charge in [-0.2, -0.15) is 4.84 Å². The van der Waals surface area contributed by atoms with Gasteiger partial charge in [-0.25, -0.2) is 0 Å². The van der Waals surface area contributed by atoms with E-state index in [0.717, 1.165) is 19.5 Å². The first-order valence-electron chi connectivity index (χ1n) is 8.43. The Morgan fingerprint density at radius 1 is 1.00 bits per heavy atom. The molecule has 0 N–H and O–H groups in total. The van der Waals surface area contributed by atoms with Gasteiger partial charge in [0.2, 0.25) is 0 Å². The zero-order valence-electron chi connectivity index (χ0n) is 14.4. The molecular weight excluding hydrogens is 284 g/mol. The van der Waals surface area contributed by atoms with Crippen molar-refractivity contribution in [3.05, 3.63) is 66.2 Å². The monoisotopic (exact) mass is 311 g/mol. The highest BCUT2D eigenvalue weighted by Crippen LogP contribution is 2.45. The van der Waals surface area contributed by atoms with Crippen LogP contribution in [-0.4, -0.2) is 38.2 Å². The predicted molar refractivity (Wildman–Crippen MR) is 96.0 cm³/mol. The van der Waals surface area contributed by atoms with Gasteiger partial charge >= 0.3 is 0 Å². The molecule has 3 unspecified atom stereocenters. The van der Waals surface area contributed by atoms with E-state index < -0.39 is 0 Å². The zero-order chi connectivity index (χ0) is 16.3. The van der Waals surface area contributed by atoms with Crippen LogP contribution in [-0.2, 0) is 4.84 Å². The molecule has 0 saturated carbocycles. The summed E-state index contributed by atoms with van der Waals surface area (Å²) in [6, 6.07) is 21.8. The van der Waals surface area contributed by atoms with Crippen LogP contribution in [0.1, 0.15) is 24.9 Å². The minimum Gasteiger partial charge on any atom is -0.304 e. The summed E-state index contributed by atoms with van der Waals surface area (Å²) >= 11 is 0. The Kier molecular flexibility index (Phi) is 4.81.